The molecule has 146 valence electrons. The van der Waals surface area contributed by atoms with Gasteiger partial charge in [-0.05, 0) is 47.5 Å². The summed E-state index contributed by atoms with van der Waals surface area (Å²) in [5, 5.41) is 13.4. The predicted molar refractivity (Wildman–Crippen MR) is 111 cm³/mol. The molecule has 0 unspecified atom stereocenters. The number of amides is 1. The summed E-state index contributed by atoms with van der Waals surface area (Å²) in [5.74, 6) is -0.0194. The molecule has 5 nitrogen and oxygen atoms in total. The van der Waals surface area contributed by atoms with Gasteiger partial charge in [0.15, 0.2) is 0 Å². The van der Waals surface area contributed by atoms with Crippen molar-refractivity contribution in [3.63, 3.8) is 0 Å². The fourth-order valence-corrected chi connectivity index (χ4v) is 3.67. The second kappa shape index (κ2) is 8.45. The molecule has 29 heavy (non-hydrogen) atoms. The molecule has 0 saturated heterocycles. The SMILES string of the molecule is C[C@H](NC(=O)CSc1nnc(-c2ccc(F)cc2)o1)c1cccc2ccccc12. The van der Waals surface area contributed by atoms with Gasteiger partial charge in [-0.15, -0.1) is 10.2 Å². The maximum Gasteiger partial charge on any atom is 0.277 e. The molecule has 1 N–H and O–H groups in total. The average Bonchev–Trinajstić information content (AvgIpc) is 3.21. The van der Waals surface area contributed by atoms with Crippen molar-refractivity contribution < 1.29 is 13.6 Å². The number of nitrogens with one attached hydrogen (secondary N) is 1. The van der Waals surface area contributed by atoms with Gasteiger partial charge >= 0.3 is 0 Å². The number of carbonyl (C=O) groups excluding carboxylic acids is 1. The van der Waals surface area contributed by atoms with Crippen LogP contribution in [0.3, 0.4) is 0 Å². The normalized spacial score (nSPS) is 12.1. The number of hydrogen-bond acceptors (Lipinski definition) is 5. The van der Waals surface area contributed by atoms with Crippen LogP contribution in [0.15, 0.2) is 76.4 Å². The number of hydrogen-bond donors (Lipinski definition) is 1. The molecule has 0 aliphatic heterocycles. The predicted octanol–water partition coefficient (Wildman–Crippen LogP) is 5.00. The maximum atomic E-state index is 13.0. The Balaban J connectivity index is 1.37. The van der Waals surface area contributed by atoms with Crippen molar-refractivity contribution in [3.05, 3.63) is 78.1 Å². The van der Waals surface area contributed by atoms with Crippen molar-refractivity contribution in [2.24, 2.45) is 0 Å². The zero-order chi connectivity index (χ0) is 20.2. The van der Waals surface area contributed by atoms with Gasteiger partial charge in [0.2, 0.25) is 11.8 Å². The fraction of sp³-hybridized carbons (Fsp3) is 0.136. The molecule has 1 amide bonds. The molecule has 0 aliphatic rings. The Kier molecular flexibility index (Phi) is 5.57. The Morgan fingerprint density at radius 1 is 1.07 bits per heavy atom. The Morgan fingerprint density at radius 2 is 1.83 bits per heavy atom. The highest BCUT2D eigenvalue weighted by Gasteiger charge is 2.15. The van der Waals surface area contributed by atoms with Crippen molar-refractivity contribution in [2.75, 3.05) is 5.75 Å². The summed E-state index contributed by atoms with van der Waals surface area (Å²) in [7, 11) is 0. The van der Waals surface area contributed by atoms with Gasteiger partial charge in [0, 0.05) is 5.56 Å². The van der Waals surface area contributed by atoms with Gasteiger partial charge in [0.05, 0.1) is 11.8 Å². The molecule has 0 spiro atoms. The van der Waals surface area contributed by atoms with E-state index >= 15 is 0 Å². The van der Waals surface area contributed by atoms with Gasteiger partial charge in [-0.2, -0.15) is 0 Å². The summed E-state index contributed by atoms with van der Waals surface area (Å²) >= 11 is 1.16. The molecule has 3 aromatic carbocycles. The zero-order valence-corrected chi connectivity index (χ0v) is 16.4. The lowest BCUT2D eigenvalue weighted by Crippen LogP contribution is -2.28. The molecule has 1 atom stereocenters. The quantitative estimate of drug-likeness (QED) is 0.456. The van der Waals surface area contributed by atoms with E-state index in [1.54, 1.807) is 12.1 Å². The van der Waals surface area contributed by atoms with Crippen LogP contribution >= 0.6 is 11.8 Å². The van der Waals surface area contributed by atoms with Gasteiger partial charge in [-0.3, -0.25) is 4.79 Å². The Hall–Kier alpha value is -3.19. The van der Waals surface area contributed by atoms with E-state index in [1.165, 1.54) is 12.1 Å². The van der Waals surface area contributed by atoms with Gasteiger partial charge < -0.3 is 9.73 Å². The van der Waals surface area contributed by atoms with E-state index in [1.807, 2.05) is 31.2 Å². The first-order valence-corrected chi connectivity index (χ1v) is 10.1. The second-order valence-electron chi connectivity index (χ2n) is 6.53. The number of halogens is 1. The first-order valence-electron chi connectivity index (χ1n) is 9.09. The second-order valence-corrected chi connectivity index (χ2v) is 7.45. The molecular formula is C22H18FN3O2S. The lowest BCUT2D eigenvalue weighted by molar-refractivity contribution is -0.119. The van der Waals surface area contributed by atoms with Crippen LogP contribution in [0.25, 0.3) is 22.2 Å². The third kappa shape index (κ3) is 4.46. The van der Waals surface area contributed by atoms with E-state index in [9.17, 15) is 9.18 Å². The third-order valence-electron chi connectivity index (χ3n) is 4.49. The summed E-state index contributed by atoms with van der Waals surface area (Å²) in [6, 6.07) is 19.8. The van der Waals surface area contributed by atoms with E-state index in [-0.39, 0.29) is 34.6 Å². The standard InChI is InChI=1S/C22H18FN3O2S/c1-14(18-8-4-6-15-5-2-3-7-19(15)18)24-20(27)13-29-22-26-25-21(28-22)16-9-11-17(23)12-10-16/h2-12,14H,13H2,1H3,(H,24,27)/t14-/m0/s1. The summed E-state index contributed by atoms with van der Waals surface area (Å²) in [5.41, 5.74) is 1.69. The third-order valence-corrected chi connectivity index (χ3v) is 5.31. The minimum Gasteiger partial charge on any atom is -0.411 e. The highest BCUT2D eigenvalue weighted by molar-refractivity contribution is 7.99. The summed E-state index contributed by atoms with van der Waals surface area (Å²) in [6.45, 7) is 1.96. The molecule has 4 aromatic rings. The summed E-state index contributed by atoms with van der Waals surface area (Å²) in [4.78, 5) is 12.4. The molecular weight excluding hydrogens is 389 g/mol. The van der Waals surface area contributed by atoms with Crippen LogP contribution in [0.4, 0.5) is 4.39 Å². The van der Waals surface area contributed by atoms with Crippen molar-refractivity contribution in [3.8, 4) is 11.5 Å². The first kappa shape index (κ1) is 19.1. The van der Waals surface area contributed by atoms with Crippen molar-refractivity contribution in [1.29, 1.82) is 0 Å². The van der Waals surface area contributed by atoms with E-state index < -0.39 is 0 Å². The molecule has 0 fully saturated rings. The van der Waals surface area contributed by atoms with Crippen LogP contribution < -0.4 is 5.32 Å². The van der Waals surface area contributed by atoms with Crippen LogP contribution in [0.5, 0.6) is 0 Å². The number of thioether (sulfide) groups is 1. The Bertz CT molecular complexity index is 1140. The number of carbonyl (C=O) groups is 1. The van der Waals surface area contributed by atoms with Crippen molar-refractivity contribution in [2.45, 2.75) is 18.2 Å². The highest BCUT2D eigenvalue weighted by atomic mass is 32.2. The number of fused-ring (bicyclic) bond motifs is 1. The highest BCUT2D eigenvalue weighted by Crippen LogP contribution is 2.25. The minimum atomic E-state index is -0.333. The molecule has 7 heteroatoms. The van der Waals surface area contributed by atoms with Crippen LogP contribution in [-0.4, -0.2) is 21.9 Å². The minimum absolute atomic E-state index is 0.128. The molecule has 0 aliphatic carbocycles. The number of rotatable bonds is 6. The lowest BCUT2D eigenvalue weighted by Gasteiger charge is -2.16. The topological polar surface area (TPSA) is 68.0 Å². The Labute approximate surface area is 171 Å². The summed E-state index contributed by atoms with van der Waals surface area (Å²) < 4.78 is 18.6. The number of aromatic nitrogens is 2. The van der Waals surface area contributed by atoms with Crippen LogP contribution in [-0.2, 0) is 4.79 Å². The van der Waals surface area contributed by atoms with Gasteiger partial charge in [0.25, 0.3) is 5.22 Å². The lowest BCUT2D eigenvalue weighted by atomic mass is 10.00. The van der Waals surface area contributed by atoms with Gasteiger partial charge in [-0.25, -0.2) is 4.39 Å². The van der Waals surface area contributed by atoms with Crippen LogP contribution in [0.1, 0.15) is 18.5 Å². The van der Waals surface area contributed by atoms with E-state index in [4.69, 9.17) is 4.42 Å². The zero-order valence-electron chi connectivity index (χ0n) is 15.6. The molecule has 0 radical (unpaired) electrons. The summed E-state index contributed by atoms with van der Waals surface area (Å²) in [6.07, 6.45) is 0. The van der Waals surface area contributed by atoms with E-state index in [2.05, 4.69) is 33.7 Å². The number of benzene rings is 3. The van der Waals surface area contributed by atoms with Crippen molar-refractivity contribution >= 4 is 28.4 Å². The smallest absolute Gasteiger partial charge is 0.277 e. The first-order chi connectivity index (χ1) is 14.1. The molecule has 0 saturated carbocycles. The van der Waals surface area contributed by atoms with Gasteiger partial charge in [-0.1, -0.05) is 54.2 Å². The molecule has 1 heterocycles. The molecule has 0 bridgehead atoms. The molecule has 4 rings (SSSR count). The average molecular weight is 407 g/mol. The van der Waals surface area contributed by atoms with Crippen LogP contribution in [0, 0.1) is 5.82 Å². The largest absolute Gasteiger partial charge is 0.411 e. The fourth-order valence-electron chi connectivity index (χ4n) is 3.09. The number of nitrogens with zero attached hydrogens (tertiary/aromatic N) is 2. The van der Waals surface area contributed by atoms with Gasteiger partial charge in [0.1, 0.15) is 5.82 Å². The van der Waals surface area contributed by atoms with Crippen molar-refractivity contribution in [1.82, 2.24) is 15.5 Å². The molecule has 1 aromatic heterocycles. The monoisotopic (exact) mass is 407 g/mol. The van der Waals surface area contributed by atoms with E-state index in [0.717, 1.165) is 28.1 Å². The van der Waals surface area contributed by atoms with Crippen LogP contribution in [0.2, 0.25) is 0 Å². The van der Waals surface area contributed by atoms with E-state index in [0.29, 0.717) is 5.56 Å². The Morgan fingerprint density at radius 3 is 2.66 bits per heavy atom. The maximum absolute atomic E-state index is 13.0.